The van der Waals surface area contributed by atoms with Crippen LogP contribution in [0.4, 0.5) is 22.0 Å². The van der Waals surface area contributed by atoms with Crippen LogP contribution in [0.5, 0.6) is 5.75 Å². The second kappa shape index (κ2) is 6.57. The topological polar surface area (TPSA) is 51.5 Å². The molecule has 1 aromatic heterocycles. The Morgan fingerprint density at radius 1 is 1.15 bits per heavy atom. The van der Waals surface area contributed by atoms with E-state index in [4.69, 9.17) is 0 Å². The van der Waals surface area contributed by atoms with Crippen molar-refractivity contribution in [2.75, 3.05) is 7.11 Å². The van der Waals surface area contributed by atoms with E-state index in [1.165, 1.54) is 10.6 Å². The van der Waals surface area contributed by atoms with E-state index in [2.05, 4.69) is 4.74 Å². The number of ether oxygens (including phenoxy) is 1. The fraction of sp³-hybridized carbons (Fsp3) is 0.167. The van der Waals surface area contributed by atoms with Gasteiger partial charge in [0.25, 0.3) is 0 Å². The van der Waals surface area contributed by atoms with E-state index in [1.54, 1.807) is 0 Å². The van der Waals surface area contributed by atoms with Crippen molar-refractivity contribution in [3.63, 3.8) is 0 Å². The number of rotatable bonds is 3. The minimum Gasteiger partial charge on any atom is -0.505 e. The van der Waals surface area contributed by atoms with Crippen LogP contribution in [0, 0.1) is 11.6 Å². The summed E-state index contributed by atoms with van der Waals surface area (Å²) in [7, 11) is 1.10. The predicted molar refractivity (Wildman–Crippen MR) is 85.4 cm³/mol. The summed E-state index contributed by atoms with van der Waals surface area (Å²) in [6.07, 6.45) is -4.89. The molecule has 9 heteroatoms. The van der Waals surface area contributed by atoms with E-state index in [1.807, 2.05) is 0 Å². The maximum absolute atomic E-state index is 14.2. The second-order valence-corrected chi connectivity index (χ2v) is 5.75. The van der Waals surface area contributed by atoms with Gasteiger partial charge >= 0.3 is 12.1 Å². The molecule has 0 atom stereocenters. The first-order valence-electron chi connectivity index (χ1n) is 7.58. The highest BCUT2D eigenvalue weighted by molar-refractivity contribution is 5.96. The average molecular weight is 385 g/mol. The van der Waals surface area contributed by atoms with Gasteiger partial charge in [-0.15, -0.1) is 0 Å². The van der Waals surface area contributed by atoms with E-state index >= 15 is 0 Å². The van der Waals surface area contributed by atoms with Crippen molar-refractivity contribution in [2.45, 2.75) is 12.7 Å². The van der Waals surface area contributed by atoms with Crippen molar-refractivity contribution < 1.29 is 36.6 Å². The monoisotopic (exact) mass is 385 g/mol. The van der Waals surface area contributed by atoms with Crippen molar-refractivity contribution >= 4 is 16.9 Å². The third-order valence-corrected chi connectivity index (χ3v) is 4.07. The van der Waals surface area contributed by atoms with E-state index in [0.29, 0.717) is 12.1 Å². The van der Waals surface area contributed by atoms with Crippen LogP contribution >= 0.6 is 0 Å². The summed E-state index contributed by atoms with van der Waals surface area (Å²) in [5.74, 6) is -3.89. The molecule has 3 aromatic rings. The van der Waals surface area contributed by atoms with Gasteiger partial charge in [0.15, 0.2) is 11.6 Å². The Bertz CT molecular complexity index is 1040. The molecule has 3 rings (SSSR count). The number of carbonyl (C=O) groups is 1. The van der Waals surface area contributed by atoms with Gasteiger partial charge in [-0.25, -0.2) is 13.6 Å². The molecule has 27 heavy (non-hydrogen) atoms. The molecule has 0 radical (unpaired) electrons. The third-order valence-electron chi connectivity index (χ3n) is 4.07. The smallest absolute Gasteiger partial charge is 0.419 e. The molecule has 1 N–H and O–H groups in total. The number of alkyl halides is 3. The van der Waals surface area contributed by atoms with Gasteiger partial charge in [0, 0.05) is 11.9 Å². The van der Waals surface area contributed by atoms with Crippen molar-refractivity contribution in [1.82, 2.24) is 4.57 Å². The van der Waals surface area contributed by atoms with Gasteiger partial charge in [-0.2, -0.15) is 13.2 Å². The van der Waals surface area contributed by atoms with Crippen LogP contribution in [-0.4, -0.2) is 22.8 Å². The summed E-state index contributed by atoms with van der Waals surface area (Å²) in [6.45, 7) is -0.276. The van der Waals surface area contributed by atoms with E-state index < -0.39 is 35.1 Å². The normalized spacial score (nSPS) is 11.8. The summed E-state index contributed by atoms with van der Waals surface area (Å²) < 4.78 is 72.3. The minimum atomic E-state index is -4.89. The number of aromatic hydroxyl groups is 1. The largest absolute Gasteiger partial charge is 0.505 e. The van der Waals surface area contributed by atoms with Crippen LogP contribution in [0.3, 0.4) is 0 Å². The molecule has 1 heterocycles. The number of aromatic nitrogens is 1. The Hall–Kier alpha value is -3.10. The number of phenols is 1. The Morgan fingerprint density at radius 3 is 2.48 bits per heavy atom. The summed E-state index contributed by atoms with van der Waals surface area (Å²) in [4.78, 5) is 12.0. The van der Waals surface area contributed by atoms with Crippen LogP contribution in [-0.2, 0) is 17.5 Å². The number of halogens is 5. The van der Waals surface area contributed by atoms with Gasteiger partial charge in [0.05, 0.1) is 18.2 Å². The van der Waals surface area contributed by atoms with Gasteiger partial charge in [-0.3, -0.25) is 0 Å². The quantitative estimate of drug-likeness (QED) is 0.534. The molecule has 0 amide bonds. The van der Waals surface area contributed by atoms with Crippen LogP contribution < -0.4 is 0 Å². The van der Waals surface area contributed by atoms with Gasteiger partial charge in [-0.05, 0) is 35.9 Å². The molecule has 4 nitrogen and oxygen atoms in total. The maximum Gasteiger partial charge on any atom is 0.419 e. The number of nitrogens with zero attached hydrogens (tertiary/aromatic N) is 1. The third kappa shape index (κ3) is 3.32. The van der Waals surface area contributed by atoms with Crippen molar-refractivity contribution in [2.24, 2.45) is 0 Å². The van der Waals surface area contributed by atoms with Crippen molar-refractivity contribution in [3.05, 3.63) is 64.9 Å². The van der Waals surface area contributed by atoms with Crippen LogP contribution in [0.2, 0.25) is 0 Å². The van der Waals surface area contributed by atoms with Crippen LogP contribution in [0.25, 0.3) is 10.9 Å². The molecule has 0 bridgehead atoms. The summed E-state index contributed by atoms with van der Waals surface area (Å²) in [5, 5.41) is 9.39. The molecule has 0 unspecified atom stereocenters. The van der Waals surface area contributed by atoms with Crippen LogP contribution in [0.15, 0.2) is 36.4 Å². The Morgan fingerprint density at radius 2 is 1.85 bits per heavy atom. The number of benzene rings is 2. The predicted octanol–water partition coefficient (Wildman–Crippen LogP) is 4.48. The van der Waals surface area contributed by atoms with Gasteiger partial charge < -0.3 is 14.4 Å². The SMILES string of the molecule is COC(=O)c1cc2c(F)c(O)ccc2n1Cc1ccc(F)c(C(F)(F)F)c1. The first kappa shape index (κ1) is 18.7. The Kier molecular flexibility index (Phi) is 4.54. The highest BCUT2D eigenvalue weighted by atomic mass is 19.4. The lowest BCUT2D eigenvalue weighted by Crippen LogP contribution is -2.13. The molecule has 0 aliphatic heterocycles. The minimum absolute atomic E-state index is 0.0415. The molecule has 0 aliphatic rings. The number of phenolic OH excluding ortho intramolecular Hbond substituents is 1. The number of hydrogen-bond donors (Lipinski definition) is 1. The van der Waals surface area contributed by atoms with E-state index in [-0.39, 0.29) is 28.7 Å². The standard InChI is InChI=1S/C18H12F5NO3/c1-27-17(26)14-7-10-13(4-5-15(25)16(10)20)24(14)8-9-2-3-12(19)11(6-9)18(21,22)23/h2-7,25H,8H2,1H3. The highest BCUT2D eigenvalue weighted by Crippen LogP contribution is 2.33. The fourth-order valence-electron chi connectivity index (χ4n) is 2.80. The number of carbonyl (C=O) groups excluding carboxylic acids is 1. The molecule has 0 saturated carbocycles. The molecule has 0 saturated heterocycles. The lowest BCUT2D eigenvalue weighted by atomic mass is 10.1. The number of fused-ring (bicyclic) bond motifs is 1. The molecule has 2 aromatic carbocycles. The van der Waals surface area contributed by atoms with E-state index in [9.17, 15) is 31.9 Å². The second-order valence-electron chi connectivity index (χ2n) is 5.75. The summed E-state index contributed by atoms with van der Waals surface area (Å²) in [5.41, 5.74) is -1.38. The van der Waals surface area contributed by atoms with Gasteiger partial charge in [-0.1, -0.05) is 6.07 Å². The number of hydrogen-bond acceptors (Lipinski definition) is 3. The molecular formula is C18H12F5NO3. The first-order chi connectivity index (χ1) is 12.6. The van der Waals surface area contributed by atoms with E-state index in [0.717, 1.165) is 25.3 Å². The number of esters is 1. The first-order valence-corrected chi connectivity index (χ1v) is 7.58. The lowest BCUT2D eigenvalue weighted by molar-refractivity contribution is -0.140. The summed E-state index contributed by atoms with van der Waals surface area (Å²) >= 11 is 0. The molecular weight excluding hydrogens is 373 g/mol. The van der Waals surface area contributed by atoms with Crippen LogP contribution in [0.1, 0.15) is 21.6 Å². The lowest BCUT2D eigenvalue weighted by Gasteiger charge is -2.13. The molecule has 0 fully saturated rings. The molecule has 0 spiro atoms. The van der Waals surface area contributed by atoms with Crippen molar-refractivity contribution in [3.8, 4) is 5.75 Å². The highest BCUT2D eigenvalue weighted by Gasteiger charge is 2.34. The molecule has 0 aliphatic carbocycles. The Labute approximate surface area is 149 Å². The number of methoxy groups -OCH3 is 1. The zero-order chi connectivity index (χ0) is 19.9. The maximum atomic E-state index is 14.2. The average Bonchev–Trinajstić information content (AvgIpc) is 2.97. The van der Waals surface area contributed by atoms with Crippen molar-refractivity contribution in [1.29, 1.82) is 0 Å². The summed E-state index contributed by atoms with van der Waals surface area (Å²) in [6, 6.07) is 5.93. The van der Waals surface area contributed by atoms with Gasteiger partial charge in [0.1, 0.15) is 11.5 Å². The van der Waals surface area contributed by atoms with Gasteiger partial charge in [0.2, 0.25) is 0 Å². The Balaban J connectivity index is 2.17. The zero-order valence-corrected chi connectivity index (χ0v) is 13.8. The molecule has 142 valence electrons. The zero-order valence-electron chi connectivity index (χ0n) is 13.8. The fourth-order valence-corrected chi connectivity index (χ4v) is 2.80.